The molecule has 0 aliphatic carbocycles. The average Bonchev–Trinajstić information content (AvgIpc) is 2.97. The van der Waals surface area contributed by atoms with Crippen LogP contribution in [0.1, 0.15) is 26.3 Å². The molecule has 0 atom stereocenters. The zero-order chi connectivity index (χ0) is 20.3. The van der Waals surface area contributed by atoms with Gasteiger partial charge in [0.1, 0.15) is 17.4 Å². The number of nitriles is 1. The number of nitrogens with zero attached hydrogens (tertiary/aromatic N) is 2. The van der Waals surface area contributed by atoms with Crippen molar-refractivity contribution in [2.24, 2.45) is 0 Å². The van der Waals surface area contributed by atoms with Gasteiger partial charge in [-0.25, -0.2) is 0 Å². The first kappa shape index (κ1) is 19.2. The number of fused-ring (bicyclic) bond motifs is 1. The Hall–Kier alpha value is -3.59. The van der Waals surface area contributed by atoms with Gasteiger partial charge in [0.2, 0.25) is 0 Å². The van der Waals surface area contributed by atoms with Gasteiger partial charge in [0.25, 0.3) is 11.8 Å². The maximum Gasteiger partial charge on any atom is 0.267 e. The molecule has 2 aromatic rings. The van der Waals surface area contributed by atoms with E-state index in [0.29, 0.717) is 29.3 Å². The first-order chi connectivity index (χ1) is 13.5. The number of amides is 2. The van der Waals surface area contributed by atoms with Gasteiger partial charge in [-0.05, 0) is 39.0 Å². The Bertz CT molecular complexity index is 1000. The van der Waals surface area contributed by atoms with Crippen LogP contribution in [0, 0.1) is 11.3 Å². The second-order valence-electron chi connectivity index (χ2n) is 6.53. The van der Waals surface area contributed by atoms with Crippen molar-refractivity contribution in [3.05, 3.63) is 59.7 Å². The number of hydrogen-bond acceptors (Lipinski definition) is 4. The Morgan fingerprint density at radius 3 is 2.54 bits per heavy atom. The monoisotopic (exact) mass is 375 g/mol. The summed E-state index contributed by atoms with van der Waals surface area (Å²) in [7, 11) is 0. The van der Waals surface area contributed by atoms with Crippen LogP contribution in [0.3, 0.4) is 0 Å². The highest BCUT2D eigenvalue weighted by molar-refractivity contribution is 6.38. The van der Waals surface area contributed by atoms with Crippen molar-refractivity contribution < 1.29 is 14.3 Å². The van der Waals surface area contributed by atoms with Gasteiger partial charge in [-0.3, -0.25) is 9.59 Å². The quantitative estimate of drug-likeness (QED) is 0.637. The van der Waals surface area contributed by atoms with Crippen molar-refractivity contribution in [1.82, 2.24) is 0 Å². The SMILES string of the molecule is CCOc1ccccc1NC(=O)C(C#N)=C1C(=O)N(C(C)C)c2ccccc21. The molecule has 0 saturated carbocycles. The second kappa shape index (κ2) is 7.97. The minimum Gasteiger partial charge on any atom is -0.492 e. The molecule has 2 amide bonds. The normalized spacial score (nSPS) is 14.5. The number of nitrogens with one attached hydrogen (secondary N) is 1. The predicted octanol–water partition coefficient (Wildman–Crippen LogP) is 3.76. The van der Waals surface area contributed by atoms with Crippen LogP contribution < -0.4 is 15.0 Å². The lowest BCUT2D eigenvalue weighted by Gasteiger charge is -2.21. The number of hydrogen-bond donors (Lipinski definition) is 1. The molecule has 1 aliphatic heterocycles. The van der Waals surface area contributed by atoms with Gasteiger partial charge in [0.05, 0.1) is 23.6 Å². The molecule has 1 aliphatic rings. The van der Waals surface area contributed by atoms with Crippen LogP contribution in [0.5, 0.6) is 5.75 Å². The Kier molecular flexibility index (Phi) is 5.46. The fraction of sp³-hybridized carbons (Fsp3) is 0.227. The van der Waals surface area contributed by atoms with Gasteiger partial charge in [-0.15, -0.1) is 0 Å². The first-order valence-electron chi connectivity index (χ1n) is 9.10. The van der Waals surface area contributed by atoms with Gasteiger partial charge >= 0.3 is 0 Å². The summed E-state index contributed by atoms with van der Waals surface area (Å²) < 4.78 is 5.51. The van der Waals surface area contributed by atoms with Crippen LogP contribution in [0.2, 0.25) is 0 Å². The Morgan fingerprint density at radius 1 is 1.18 bits per heavy atom. The Labute approximate surface area is 164 Å². The summed E-state index contributed by atoms with van der Waals surface area (Å²) in [4.78, 5) is 27.5. The van der Waals surface area contributed by atoms with E-state index in [9.17, 15) is 14.9 Å². The molecule has 0 radical (unpaired) electrons. The van der Waals surface area contributed by atoms with Gasteiger partial charge in [-0.2, -0.15) is 5.26 Å². The number of carbonyl (C=O) groups is 2. The highest BCUT2D eigenvalue weighted by Crippen LogP contribution is 2.39. The van der Waals surface area contributed by atoms with E-state index in [0.717, 1.165) is 0 Å². The number of rotatable bonds is 5. The maximum absolute atomic E-state index is 13.0. The third-order valence-corrected chi connectivity index (χ3v) is 4.41. The minimum absolute atomic E-state index is 0.104. The molecule has 0 spiro atoms. The molecule has 28 heavy (non-hydrogen) atoms. The van der Waals surface area contributed by atoms with E-state index in [1.807, 2.05) is 39.0 Å². The molecule has 142 valence electrons. The largest absolute Gasteiger partial charge is 0.492 e. The smallest absolute Gasteiger partial charge is 0.267 e. The Morgan fingerprint density at radius 2 is 1.86 bits per heavy atom. The van der Waals surface area contributed by atoms with E-state index in [-0.39, 0.29) is 23.1 Å². The van der Waals surface area contributed by atoms with Crippen LogP contribution in [0.15, 0.2) is 54.1 Å². The van der Waals surface area contributed by atoms with E-state index in [4.69, 9.17) is 4.74 Å². The lowest BCUT2D eigenvalue weighted by Crippen LogP contribution is -2.33. The third-order valence-electron chi connectivity index (χ3n) is 4.41. The summed E-state index contributed by atoms with van der Waals surface area (Å²) in [5, 5.41) is 12.4. The van der Waals surface area contributed by atoms with E-state index in [2.05, 4.69) is 5.32 Å². The first-order valence-corrected chi connectivity index (χ1v) is 9.10. The van der Waals surface area contributed by atoms with Crippen molar-refractivity contribution in [3.63, 3.8) is 0 Å². The third kappa shape index (κ3) is 3.35. The van der Waals surface area contributed by atoms with E-state index in [1.54, 1.807) is 41.3 Å². The molecule has 0 fully saturated rings. The zero-order valence-electron chi connectivity index (χ0n) is 16.0. The van der Waals surface area contributed by atoms with E-state index < -0.39 is 5.91 Å². The van der Waals surface area contributed by atoms with Gasteiger partial charge in [0, 0.05) is 11.6 Å². The molecular formula is C22H21N3O3. The fourth-order valence-electron chi connectivity index (χ4n) is 3.25. The second-order valence-corrected chi connectivity index (χ2v) is 6.53. The lowest BCUT2D eigenvalue weighted by atomic mass is 10.0. The van der Waals surface area contributed by atoms with E-state index in [1.165, 1.54) is 0 Å². The number of para-hydroxylation sites is 3. The fourth-order valence-corrected chi connectivity index (χ4v) is 3.25. The summed E-state index contributed by atoms with van der Waals surface area (Å²) in [5.41, 5.74) is 1.64. The molecular weight excluding hydrogens is 354 g/mol. The molecule has 2 aromatic carbocycles. The molecule has 1 N–H and O–H groups in total. The molecule has 0 unspecified atom stereocenters. The topological polar surface area (TPSA) is 82.4 Å². The number of anilines is 2. The van der Waals surface area contributed by atoms with Crippen LogP contribution >= 0.6 is 0 Å². The van der Waals surface area contributed by atoms with Crippen LogP contribution in [-0.4, -0.2) is 24.5 Å². The molecule has 1 heterocycles. The van der Waals surface area contributed by atoms with Crippen molar-refractivity contribution in [1.29, 1.82) is 5.26 Å². The molecule has 0 saturated heterocycles. The standard InChI is InChI=1S/C22H21N3O3/c1-4-28-19-12-8-6-10-17(19)24-21(26)16(13-23)20-15-9-5-7-11-18(15)25(14(2)3)22(20)27/h5-12,14H,4H2,1-3H3,(H,24,26). The summed E-state index contributed by atoms with van der Waals surface area (Å²) in [6.45, 7) is 6.06. The van der Waals surface area contributed by atoms with Crippen LogP contribution in [0.25, 0.3) is 5.57 Å². The minimum atomic E-state index is -0.640. The van der Waals surface area contributed by atoms with Crippen molar-refractivity contribution in [2.45, 2.75) is 26.8 Å². The van der Waals surface area contributed by atoms with E-state index >= 15 is 0 Å². The van der Waals surface area contributed by atoms with Gasteiger partial charge in [0.15, 0.2) is 0 Å². The molecule has 0 bridgehead atoms. The predicted molar refractivity (Wildman–Crippen MR) is 108 cm³/mol. The van der Waals surface area contributed by atoms with Crippen LogP contribution in [-0.2, 0) is 9.59 Å². The molecule has 3 rings (SSSR count). The summed E-state index contributed by atoms with van der Waals surface area (Å²) in [5.74, 6) is -0.484. The van der Waals surface area contributed by atoms with Crippen molar-refractivity contribution >= 4 is 28.8 Å². The Balaban J connectivity index is 2.05. The lowest BCUT2D eigenvalue weighted by molar-refractivity contribution is -0.115. The maximum atomic E-state index is 13.0. The summed E-state index contributed by atoms with van der Waals surface area (Å²) in [6, 6.07) is 16.0. The number of benzene rings is 2. The summed E-state index contributed by atoms with van der Waals surface area (Å²) in [6.07, 6.45) is 0. The number of ether oxygens (including phenoxy) is 1. The highest BCUT2D eigenvalue weighted by Gasteiger charge is 2.37. The molecule has 6 nitrogen and oxygen atoms in total. The zero-order valence-corrected chi connectivity index (χ0v) is 16.0. The summed E-state index contributed by atoms with van der Waals surface area (Å²) >= 11 is 0. The van der Waals surface area contributed by atoms with Gasteiger partial charge < -0.3 is 15.0 Å². The molecule has 0 aromatic heterocycles. The van der Waals surface area contributed by atoms with Gasteiger partial charge in [-0.1, -0.05) is 30.3 Å². The van der Waals surface area contributed by atoms with Crippen molar-refractivity contribution in [3.8, 4) is 11.8 Å². The number of carbonyl (C=O) groups excluding carboxylic acids is 2. The average molecular weight is 375 g/mol. The molecule has 6 heteroatoms. The van der Waals surface area contributed by atoms with Crippen molar-refractivity contribution in [2.75, 3.05) is 16.8 Å². The highest BCUT2D eigenvalue weighted by atomic mass is 16.5. The van der Waals surface area contributed by atoms with Crippen LogP contribution in [0.4, 0.5) is 11.4 Å².